The van der Waals surface area contributed by atoms with Gasteiger partial charge >= 0.3 is 0 Å². The third kappa shape index (κ3) is 4.67. The monoisotopic (exact) mass is 358 g/mol. The molecule has 1 aromatic heterocycles. The van der Waals surface area contributed by atoms with Gasteiger partial charge in [-0.3, -0.25) is 0 Å². The Balaban J connectivity index is 1.73. The van der Waals surface area contributed by atoms with Crippen molar-refractivity contribution in [1.29, 1.82) is 0 Å². The molecule has 0 aromatic carbocycles. The Kier molecular flexibility index (Phi) is 6.01. The predicted molar refractivity (Wildman–Crippen MR) is 109 cm³/mol. The van der Waals surface area contributed by atoms with E-state index in [1.54, 1.807) is 0 Å². The van der Waals surface area contributed by atoms with Crippen LogP contribution in [0.25, 0.3) is 0 Å². The van der Waals surface area contributed by atoms with Gasteiger partial charge < -0.3 is 20.0 Å². The number of likely N-dealkylation sites (N-methyl/N-ethyl adjacent to an activating group) is 1. The molecule has 0 spiro atoms. The third-order valence-corrected chi connectivity index (χ3v) is 5.38. The maximum absolute atomic E-state index is 4.96. The maximum atomic E-state index is 4.96. The van der Waals surface area contributed by atoms with Gasteiger partial charge in [0.15, 0.2) is 5.96 Å². The van der Waals surface area contributed by atoms with Gasteiger partial charge in [0, 0.05) is 57.6 Å². The van der Waals surface area contributed by atoms with Gasteiger partial charge in [-0.1, -0.05) is 19.9 Å². The molecule has 3 heterocycles. The molecule has 144 valence electrons. The van der Waals surface area contributed by atoms with Crippen molar-refractivity contribution in [3.63, 3.8) is 0 Å². The Bertz CT molecular complexity index is 618. The standard InChI is InChI=1S/C20H34N6/c1-5-21-19(26-10-8-20(2,3)16-26)23-15-17-7-6-9-22-18(17)25-13-11-24(4)12-14-25/h6-7,9H,5,8,10-16H2,1-4H3,(H,21,23). The molecule has 6 heteroatoms. The minimum atomic E-state index is 0.371. The summed E-state index contributed by atoms with van der Waals surface area (Å²) >= 11 is 0. The van der Waals surface area contributed by atoms with E-state index in [1.165, 1.54) is 12.0 Å². The molecule has 0 aliphatic carbocycles. The number of guanidine groups is 1. The van der Waals surface area contributed by atoms with E-state index in [-0.39, 0.29) is 0 Å². The maximum Gasteiger partial charge on any atom is 0.194 e. The molecule has 1 N–H and O–H groups in total. The Morgan fingerprint density at radius 1 is 1.23 bits per heavy atom. The summed E-state index contributed by atoms with van der Waals surface area (Å²) in [5, 5.41) is 3.47. The summed E-state index contributed by atoms with van der Waals surface area (Å²) in [7, 11) is 2.18. The Labute approximate surface area is 158 Å². The van der Waals surface area contributed by atoms with Crippen LogP contribution in [0.3, 0.4) is 0 Å². The first-order chi connectivity index (χ1) is 12.5. The molecule has 2 aliphatic rings. The molecular formula is C20H34N6. The van der Waals surface area contributed by atoms with E-state index in [4.69, 9.17) is 4.99 Å². The summed E-state index contributed by atoms with van der Waals surface area (Å²) in [6.45, 7) is 14.8. The predicted octanol–water partition coefficient (Wildman–Crippen LogP) is 2.03. The van der Waals surface area contributed by atoms with Gasteiger partial charge in [0.05, 0.1) is 6.54 Å². The van der Waals surface area contributed by atoms with Crippen molar-refractivity contribution in [1.82, 2.24) is 20.1 Å². The van der Waals surface area contributed by atoms with E-state index in [1.807, 2.05) is 12.3 Å². The lowest BCUT2D eigenvalue weighted by Gasteiger charge is -2.34. The first kappa shape index (κ1) is 19.0. The van der Waals surface area contributed by atoms with E-state index in [0.717, 1.165) is 57.6 Å². The molecule has 1 aromatic rings. The van der Waals surface area contributed by atoms with E-state index in [9.17, 15) is 0 Å². The van der Waals surface area contributed by atoms with Gasteiger partial charge in [-0.05, 0) is 31.9 Å². The molecule has 0 bridgehead atoms. The molecule has 0 unspecified atom stereocenters. The van der Waals surface area contributed by atoms with Crippen LogP contribution in [0.2, 0.25) is 0 Å². The third-order valence-electron chi connectivity index (χ3n) is 5.38. The van der Waals surface area contributed by atoms with E-state index >= 15 is 0 Å². The molecule has 2 fully saturated rings. The van der Waals surface area contributed by atoms with Crippen molar-refractivity contribution in [2.24, 2.45) is 10.4 Å². The second kappa shape index (κ2) is 8.25. The zero-order valence-corrected chi connectivity index (χ0v) is 16.8. The SMILES string of the molecule is CCNC(=NCc1cccnc1N1CCN(C)CC1)N1CCC(C)(C)C1. The van der Waals surface area contributed by atoms with Gasteiger partial charge in [0.1, 0.15) is 5.82 Å². The lowest BCUT2D eigenvalue weighted by molar-refractivity contribution is 0.312. The van der Waals surface area contributed by atoms with Gasteiger partial charge in [-0.15, -0.1) is 0 Å². The van der Waals surface area contributed by atoms with Crippen molar-refractivity contribution in [2.45, 2.75) is 33.7 Å². The summed E-state index contributed by atoms with van der Waals surface area (Å²) in [5.41, 5.74) is 1.58. The van der Waals surface area contributed by atoms with Crippen LogP contribution in [0.15, 0.2) is 23.3 Å². The number of aliphatic imine (C=N–C) groups is 1. The minimum absolute atomic E-state index is 0.371. The fourth-order valence-electron chi connectivity index (χ4n) is 3.74. The number of anilines is 1. The van der Waals surface area contributed by atoms with Crippen LogP contribution in [-0.4, -0.2) is 73.6 Å². The molecule has 0 atom stereocenters. The van der Waals surface area contributed by atoms with Gasteiger partial charge in [0.25, 0.3) is 0 Å². The quantitative estimate of drug-likeness (QED) is 0.659. The van der Waals surface area contributed by atoms with Crippen LogP contribution in [-0.2, 0) is 6.54 Å². The number of hydrogen-bond acceptors (Lipinski definition) is 4. The number of likely N-dealkylation sites (tertiary alicyclic amines) is 1. The summed E-state index contributed by atoms with van der Waals surface area (Å²) in [5.74, 6) is 2.13. The molecule has 2 saturated heterocycles. The van der Waals surface area contributed by atoms with Crippen molar-refractivity contribution in [2.75, 3.05) is 57.8 Å². The number of piperazine rings is 1. The van der Waals surface area contributed by atoms with Crippen molar-refractivity contribution in [3.8, 4) is 0 Å². The van der Waals surface area contributed by atoms with Crippen molar-refractivity contribution in [3.05, 3.63) is 23.9 Å². The zero-order valence-electron chi connectivity index (χ0n) is 16.8. The van der Waals surface area contributed by atoms with Crippen LogP contribution in [0.1, 0.15) is 32.8 Å². The highest BCUT2D eigenvalue weighted by Gasteiger charge is 2.31. The molecule has 2 aliphatic heterocycles. The lowest BCUT2D eigenvalue weighted by Crippen LogP contribution is -2.45. The Morgan fingerprint density at radius 2 is 2.00 bits per heavy atom. The zero-order chi connectivity index (χ0) is 18.6. The van der Waals surface area contributed by atoms with Crippen molar-refractivity contribution >= 4 is 11.8 Å². The van der Waals surface area contributed by atoms with E-state index in [0.29, 0.717) is 12.0 Å². The number of nitrogens with zero attached hydrogens (tertiary/aromatic N) is 5. The molecule has 0 saturated carbocycles. The van der Waals surface area contributed by atoms with Crippen molar-refractivity contribution < 1.29 is 0 Å². The second-order valence-electron chi connectivity index (χ2n) is 8.28. The summed E-state index contributed by atoms with van der Waals surface area (Å²) in [6.07, 6.45) is 3.12. The first-order valence-corrected chi connectivity index (χ1v) is 9.89. The topological polar surface area (TPSA) is 47.0 Å². The summed E-state index contributed by atoms with van der Waals surface area (Å²) in [4.78, 5) is 16.8. The average molecular weight is 359 g/mol. The van der Waals surface area contributed by atoms with Gasteiger partial charge in [-0.2, -0.15) is 0 Å². The molecule has 3 rings (SSSR count). The number of nitrogens with one attached hydrogen (secondary N) is 1. The normalized spacial score (nSPS) is 21.3. The highest BCUT2D eigenvalue weighted by atomic mass is 15.3. The minimum Gasteiger partial charge on any atom is -0.357 e. The number of aromatic nitrogens is 1. The summed E-state index contributed by atoms with van der Waals surface area (Å²) in [6, 6.07) is 4.19. The molecule has 26 heavy (non-hydrogen) atoms. The highest BCUT2D eigenvalue weighted by Crippen LogP contribution is 2.29. The molecule has 0 amide bonds. The summed E-state index contributed by atoms with van der Waals surface area (Å²) < 4.78 is 0. The van der Waals surface area contributed by atoms with Crippen LogP contribution in [0, 0.1) is 5.41 Å². The fraction of sp³-hybridized carbons (Fsp3) is 0.700. The second-order valence-corrected chi connectivity index (χ2v) is 8.28. The molecule has 6 nitrogen and oxygen atoms in total. The first-order valence-electron chi connectivity index (χ1n) is 9.89. The smallest absolute Gasteiger partial charge is 0.194 e. The Hall–Kier alpha value is -1.82. The number of pyridine rings is 1. The number of hydrogen-bond donors (Lipinski definition) is 1. The largest absolute Gasteiger partial charge is 0.357 e. The Morgan fingerprint density at radius 3 is 2.65 bits per heavy atom. The highest BCUT2D eigenvalue weighted by molar-refractivity contribution is 5.80. The number of rotatable bonds is 4. The van der Waals surface area contributed by atoms with Crippen LogP contribution >= 0.6 is 0 Å². The van der Waals surface area contributed by atoms with Gasteiger partial charge in [-0.25, -0.2) is 9.98 Å². The van der Waals surface area contributed by atoms with E-state index in [2.05, 4.69) is 58.9 Å². The van der Waals surface area contributed by atoms with Crippen LogP contribution < -0.4 is 10.2 Å². The fourth-order valence-corrected chi connectivity index (χ4v) is 3.74. The van der Waals surface area contributed by atoms with Crippen LogP contribution in [0.5, 0.6) is 0 Å². The lowest BCUT2D eigenvalue weighted by atomic mass is 9.93. The average Bonchev–Trinajstić information content (AvgIpc) is 2.99. The molecule has 0 radical (unpaired) electrons. The molecular weight excluding hydrogens is 324 g/mol. The van der Waals surface area contributed by atoms with Crippen LogP contribution in [0.4, 0.5) is 5.82 Å². The van der Waals surface area contributed by atoms with E-state index < -0.39 is 0 Å². The van der Waals surface area contributed by atoms with Gasteiger partial charge in [0.2, 0.25) is 0 Å².